The van der Waals surface area contributed by atoms with E-state index in [2.05, 4.69) is 48.3 Å². The second-order valence-corrected chi connectivity index (χ2v) is 8.78. The molecule has 31 heavy (non-hydrogen) atoms. The molecule has 1 heterocycles. The molecular formula is C28H44N2O. The molecule has 0 bridgehead atoms. The van der Waals surface area contributed by atoms with Gasteiger partial charge in [-0.15, -0.1) is 0 Å². The second kappa shape index (κ2) is 16.8. The number of hydrogen-bond acceptors (Lipinski definition) is 3. The quantitative estimate of drug-likeness (QED) is 0.225. The average Bonchev–Trinajstić information content (AvgIpc) is 2.81. The van der Waals surface area contributed by atoms with Gasteiger partial charge in [0.05, 0.1) is 18.0 Å². The molecule has 0 aliphatic rings. The summed E-state index contributed by atoms with van der Waals surface area (Å²) in [4.78, 5) is 0. The van der Waals surface area contributed by atoms with Crippen molar-refractivity contribution in [1.29, 1.82) is 0 Å². The van der Waals surface area contributed by atoms with Crippen LogP contribution in [0.1, 0.15) is 109 Å². The summed E-state index contributed by atoms with van der Waals surface area (Å²) >= 11 is 0. The average molecular weight is 425 g/mol. The van der Waals surface area contributed by atoms with Crippen LogP contribution in [0, 0.1) is 0 Å². The van der Waals surface area contributed by atoms with Crippen molar-refractivity contribution in [3.8, 4) is 17.0 Å². The maximum atomic E-state index is 5.90. The summed E-state index contributed by atoms with van der Waals surface area (Å²) in [5.74, 6) is 0.944. The number of hydrogen-bond donors (Lipinski definition) is 0. The van der Waals surface area contributed by atoms with E-state index >= 15 is 0 Å². The van der Waals surface area contributed by atoms with E-state index in [9.17, 15) is 0 Å². The highest BCUT2D eigenvalue weighted by Crippen LogP contribution is 2.21. The molecule has 172 valence electrons. The Bertz CT molecular complexity index is 666. The molecule has 1 aromatic carbocycles. The summed E-state index contributed by atoms with van der Waals surface area (Å²) in [5.41, 5.74) is 3.13. The highest BCUT2D eigenvalue weighted by atomic mass is 16.5. The first-order valence-electron chi connectivity index (χ1n) is 12.9. The molecule has 0 spiro atoms. The zero-order chi connectivity index (χ0) is 22.0. The number of nitrogens with zero attached hydrogens (tertiary/aromatic N) is 2. The molecule has 2 rings (SSSR count). The van der Waals surface area contributed by atoms with Gasteiger partial charge >= 0.3 is 0 Å². The Hall–Kier alpha value is -1.90. The van der Waals surface area contributed by atoms with Crippen molar-refractivity contribution in [3.63, 3.8) is 0 Å². The van der Waals surface area contributed by atoms with Crippen LogP contribution in [-0.4, -0.2) is 16.8 Å². The zero-order valence-corrected chi connectivity index (χ0v) is 20.1. The fraction of sp³-hybridized carbons (Fsp3) is 0.643. The fourth-order valence-electron chi connectivity index (χ4n) is 3.88. The Labute approximate surface area is 191 Å². The Kier molecular flexibility index (Phi) is 13.7. The largest absolute Gasteiger partial charge is 0.494 e. The minimum Gasteiger partial charge on any atom is -0.494 e. The lowest BCUT2D eigenvalue weighted by molar-refractivity contribution is 0.304. The fourth-order valence-corrected chi connectivity index (χ4v) is 3.88. The van der Waals surface area contributed by atoms with Crippen molar-refractivity contribution < 1.29 is 4.74 Å². The number of ether oxygens (including phenoxy) is 1. The SMILES string of the molecule is CCCCCCCCCCOc1ccc(-c2ccc(CCCCCCCC)nn2)cc1. The van der Waals surface area contributed by atoms with Crippen LogP contribution in [0.5, 0.6) is 5.75 Å². The summed E-state index contributed by atoms with van der Waals surface area (Å²) in [6.45, 7) is 5.34. The van der Waals surface area contributed by atoms with E-state index in [4.69, 9.17) is 4.74 Å². The van der Waals surface area contributed by atoms with Crippen LogP contribution in [0.3, 0.4) is 0 Å². The number of aryl methyl sites for hydroxylation is 1. The molecule has 2 aromatic rings. The molecule has 3 nitrogen and oxygen atoms in total. The summed E-state index contributed by atoms with van der Waals surface area (Å²) in [5, 5.41) is 8.87. The summed E-state index contributed by atoms with van der Waals surface area (Å²) in [6, 6.07) is 12.5. The third kappa shape index (κ3) is 11.3. The van der Waals surface area contributed by atoms with Gasteiger partial charge in [-0.2, -0.15) is 10.2 Å². The molecule has 0 amide bonds. The van der Waals surface area contributed by atoms with Crippen LogP contribution in [0.2, 0.25) is 0 Å². The monoisotopic (exact) mass is 424 g/mol. The smallest absolute Gasteiger partial charge is 0.119 e. The van der Waals surface area contributed by atoms with Crippen molar-refractivity contribution in [2.75, 3.05) is 6.61 Å². The van der Waals surface area contributed by atoms with E-state index in [1.54, 1.807) is 0 Å². The molecule has 0 aliphatic heterocycles. The van der Waals surface area contributed by atoms with Crippen LogP contribution in [0.15, 0.2) is 36.4 Å². The van der Waals surface area contributed by atoms with Crippen LogP contribution < -0.4 is 4.74 Å². The molecule has 0 fully saturated rings. The van der Waals surface area contributed by atoms with Crippen LogP contribution in [0.4, 0.5) is 0 Å². The predicted molar refractivity (Wildman–Crippen MR) is 133 cm³/mol. The van der Waals surface area contributed by atoms with Gasteiger partial charge in [0.2, 0.25) is 0 Å². The van der Waals surface area contributed by atoms with Crippen molar-refractivity contribution in [1.82, 2.24) is 10.2 Å². The maximum absolute atomic E-state index is 5.90. The molecular weight excluding hydrogens is 380 g/mol. The summed E-state index contributed by atoms with van der Waals surface area (Å²) in [6.07, 6.45) is 19.5. The Balaban J connectivity index is 1.62. The van der Waals surface area contributed by atoms with Gasteiger partial charge in [0, 0.05) is 5.56 Å². The van der Waals surface area contributed by atoms with Crippen LogP contribution >= 0.6 is 0 Å². The molecule has 0 aliphatic carbocycles. The number of unbranched alkanes of at least 4 members (excludes halogenated alkanes) is 12. The van der Waals surface area contributed by atoms with Gasteiger partial charge in [0.15, 0.2) is 0 Å². The van der Waals surface area contributed by atoms with E-state index in [0.29, 0.717) is 0 Å². The molecule has 0 atom stereocenters. The van der Waals surface area contributed by atoms with Gasteiger partial charge in [-0.1, -0.05) is 90.9 Å². The number of aromatic nitrogens is 2. The topological polar surface area (TPSA) is 35.0 Å². The van der Waals surface area contributed by atoms with Crippen molar-refractivity contribution in [3.05, 3.63) is 42.1 Å². The zero-order valence-electron chi connectivity index (χ0n) is 20.1. The Morgan fingerprint density at radius 2 is 1.16 bits per heavy atom. The molecule has 0 unspecified atom stereocenters. The maximum Gasteiger partial charge on any atom is 0.119 e. The van der Waals surface area contributed by atoms with Crippen LogP contribution in [0.25, 0.3) is 11.3 Å². The molecule has 3 heteroatoms. The van der Waals surface area contributed by atoms with Gasteiger partial charge in [-0.3, -0.25) is 0 Å². The molecule has 1 aromatic heterocycles. The predicted octanol–water partition coefficient (Wildman–Crippen LogP) is 8.57. The molecule has 0 N–H and O–H groups in total. The van der Waals surface area contributed by atoms with Gasteiger partial charge in [-0.05, 0) is 55.7 Å². The molecule has 0 saturated heterocycles. The van der Waals surface area contributed by atoms with Crippen molar-refractivity contribution in [2.45, 2.75) is 110 Å². The third-order valence-electron chi connectivity index (χ3n) is 5.92. The number of benzene rings is 1. The van der Waals surface area contributed by atoms with E-state index in [0.717, 1.165) is 42.1 Å². The lowest BCUT2D eigenvalue weighted by atomic mass is 10.1. The van der Waals surface area contributed by atoms with E-state index < -0.39 is 0 Å². The first kappa shape index (κ1) is 25.4. The normalized spacial score (nSPS) is 11.0. The van der Waals surface area contributed by atoms with E-state index in [1.165, 1.54) is 83.5 Å². The van der Waals surface area contributed by atoms with Gasteiger partial charge < -0.3 is 4.74 Å². The molecule has 0 radical (unpaired) electrons. The lowest BCUT2D eigenvalue weighted by Crippen LogP contribution is -1.98. The van der Waals surface area contributed by atoms with Crippen LogP contribution in [-0.2, 0) is 6.42 Å². The first-order chi connectivity index (χ1) is 15.3. The van der Waals surface area contributed by atoms with E-state index in [-0.39, 0.29) is 0 Å². The Morgan fingerprint density at radius 1 is 0.581 bits per heavy atom. The number of rotatable bonds is 18. The van der Waals surface area contributed by atoms with E-state index in [1.807, 2.05) is 12.1 Å². The van der Waals surface area contributed by atoms with Crippen molar-refractivity contribution >= 4 is 0 Å². The summed E-state index contributed by atoms with van der Waals surface area (Å²) in [7, 11) is 0. The highest BCUT2D eigenvalue weighted by molar-refractivity contribution is 5.59. The Morgan fingerprint density at radius 3 is 1.74 bits per heavy atom. The second-order valence-electron chi connectivity index (χ2n) is 8.78. The molecule has 0 saturated carbocycles. The van der Waals surface area contributed by atoms with Gasteiger partial charge in [-0.25, -0.2) is 0 Å². The van der Waals surface area contributed by atoms with Gasteiger partial charge in [0.25, 0.3) is 0 Å². The highest BCUT2D eigenvalue weighted by Gasteiger charge is 2.03. The standard InChI is InChI=1S/C28H44N2O/c1-3-5-7-9-11-12-14-16-24-31-27-21-18-25(19-22-27)28-23-20-26(29-30-28)17-15-13-10-8-6-4-2/h18-23H,3-17,24H2,1-2H3. The minimum absolute atomic E-state index is 0.807. The minimum atomic E-state index is 0.807. The summed E-state index contributed by atoms with van der Waals surface area (Å²) < 4.78 is 5.90. The van der Waals surface area contributed by atoms with Gasteiger partial charge in [0.1, 0.15) is 5.75 Å². The van der Waals surface area contributed by atoms with Crippen molar-refractivity contribution in [2.24, 2.45) is 0 Å². The lowest BCUT2D eigenvalue weighted by Gasteiger charge is -2.07. The third-order valence-corrected chi connectivity index (χ3v) is 5.92. The first-order valence-corrected chi connectivity index (χ1v) is 12.9.